The normalized spacial score (nSPS) is 9.71. The maximum atomic E-state index is 12.5. The highest BCUT2D eigenvalue weighted by Gasteiger charge is 2.17. The molecule has 0 aromatic heterocycles. The first-order chi connectivity index (χ1) is 16.5. The van der Waals surface area contributed by atoms with Gasteiger partial charge in [0.1, 0.15) is 12.1 Å². The molecule has 0 aliphatic rings. The number of hydrogen-bond donors (Lipinski definition) is 4. The van der Waals surface area contributed by atoms with Gasteiger partial charge in [0.15, 0.2) is 0 Å². The van der Waals surface area contributed by atoms with Crippen molar-refractivity contribution in [3.05, 3.63) is 54.1 Å². The highest BCUT2D eigenvalue weighted by Crippen LogP contribution is 2.22. The van der Waals surface area contributed by atoms with Crippen LogP contribution in [0.5, 0.6) is 0 Å². The van der Waals surface area contributed by atoms with Crippen molar-refractivity contribution in [3.63, 3.8) is 0 Å². The van der Waals surface area contributed by atoms with E-state index in [-0.39, 0.29) is 18.4 Å². The molecule has 35 heavy (non-hydrogen) atoms. The van der Waals surface area contributed by atoms with Gasteiger partial charge in [0.2, 0.25) is 11.8 Å². The van der Waals surface area contributed by atoms with E-state index in [1.807, 2.05) is 27.7 Å². The monoisotopic (exact) mass is 486 g/mol. The van der Waals surface area contributed by atoms with Gasteiger partial charge in [-0.1, -0.05) is 39.8 Å². The van der Waals surface area contributed by atoms with Crippen molar-refractivity contribution in [3.8, 4) is 0 Å². The summed E-state index contributed by atoms with van der Waals surface area (Å²) in [5.74, 6) is -1.07. The Hall–Kier alpha value is -3.88. The zero-order valence-corrected chi connectivity index (χ0v) is 21.9. The van der Waals surface area contributed by atoms with Crippen molar-refractivity contribution < 1.29 is 23.9 Å². The van der Waals surface area contributed by atoms with E-state index in [1.54, 1.807) is 69.3 Å². The molecular formula is C26H38N4O5. The standard InChI is InChI=1S/C22H26N4O5.2C2H6/c1-14(27)24-16-11-9-15(10-12-16)20(29)26-18-8-6-5-7-17(18)25-19(28)13-23-21(30)31-22(2,3)4;2*1-2/h5-12H,13H2,1-4H3,(H,23,30)(H,24,27)(H,25,28)(H,26,29);2*1-2H3. The van der Waals surface area contributed by atoms with Gasteiger partial charge in [-0.2, -0.15) is 0 Å². The quantitative estimate of drug-likeness (QED) is 0.434. The van der Waals surface area contributed by atoms with Gasteiger partial charge in [0, 0.05) is 18.2 Å². The molecule has 2 rings (SSSR count). The molecule has 0 spiro atoms. The summed E-state index contributed by atoms with van der Waals surface area (Å²) in [6.45, 7) is 14.3. The second-order valence-electron chi connectivity index (χ2n) is 7.66. The van der Waals surface area contributed by atoms with Crippen LogP contribution in [0.1, 0.15) is 65.7 Å². The Morgan fingerprint density at radius 2 is 1.29 bits per heavy atom. The Morgan fingerprint density at radius 1 is 0.771 bits per heavy atom. The second-order valence-corrected chi connectivity index (χ2v) is 7.66. The largest absolute Gasteiger partial charge is 0.444 e. The molecule has 0 saturated carbocycles. The average molecular weight is 487 g/mol. The van der Waals surface area contributed by atoms with Crippen molar-refractivity contribution >= 4 is 40.9 Å². The van der Waals surface area contributed by atoms with E-state index < -0.39 is 17.6 Å². The van der Waals surface area contributed by atoms with Gasteiger partial charge in [-0.15, -0.1) is 0 Å². The summed E-state index contributed by atoms with van der Waals surface area (Å²) >= 11 is 0. The summed E-state index contributed by atoms with van der Waals surface area (Å²) in [4.78, 5) is 47.5. The van der Waals surface area contributed by atoms with Gasteiger partial charge in [0.05, 0.1) is 11.4 Å². The molecule has 0 heterocycles. The lowest BCUT2D eigenvalue weighted by Gasteiger charge is -2.19. The lowest BCUT2D eigenvalue weighted by Crippen LogP contribution is -2.37. The first kappa shape index (κ1) is 31.1. The fourth-order valence-corrected chi connectivity index (χ4v) is 2.46. The third-order valence-electron chi connectivity index (χ3n) is 3.71. The highest BCUT2D eigenvalue weighted by atomic mass is 16.6. The predicted octanol–water partition coefficient (Wildman–Crippen LogP) is 5.41. The molecule has 0 unspecified atom stereocenters. The first-order valence-electron chi connectivity index (χ1n) is 11.6. The average Bonchev–Trinajstić information content (AvgIpc) is 2.80. The van der Waals surface area contributed by atoms with Crippen LogP contribution in [0, 0.1) is 0 Å². The van der Waals surface area contributed by atoms with E-state index in [1.165, 1.54) is 6.92 Å². The predicted molar refractivity (Wildman–Crippen MR) is 141 cm³/mol. The van der Waals surface area contributed by atoms with Crippen molar-refractivity contribution in [1.29, 1.82) is 0 Å². The molecule has 0 atom stereocenters. The third-order valence-corrected chi connectivity index (χ3v) is 3.71. The van der Waals surface area contributed by atoms with Crippen LogP contribution in [0.15, 0.2) is 48.5 Å². The molecule has 4 N–H and O–H groups in total. The molecule has 4 amide bonds. The zero-order chi connectivity index (χ0) is 27.0. The number of alkyl carbamates (subject to hydrolysis) is 1. The van der Waals surface area contributed by atoms with Gasteiger partial charge < -0.3 is 26.0 Å². The van der Waals surface area contributed by atoms with E-state index in [0.717, 1.165) is 0 Å². The van der Waals surface area contributed by atoms with E-state index >= 15 is 0 Å². The van der Waals surface area contributed by atoms with Crippen molar-refractivity contribution in [2.45, 2.75) is 61.0 Å². The number of para-hydroxylation sites is 2. The fourth-order valence-electron chi connectivity index (χ4n) is 2.46. The number of hydrogen-bond acceptors (Lipinski definition) is 5. The Balaban J connectivity index is 0.00000274. The minimum absolute atomic E-state index is 0.206. The molecule has 9 heteroatoms. The molecule has 9 nitrogen and oxygen atoms in total. The summed E-state index contributed by atoms with van der Waals surface area (Å²) in [6.07, 6.45) is -0.702. The van der Waals surface area contributed by atoms with Gasteiger partial charge in [0.25, 0.3) is 5.91 Å². The molecule has 2 aromatic carbocycles. The summed E-state index contributed by atoms with van der Waals surface area (Å²) in [6, 6.07) is 13.1. The van der Waals surface area contributed by atoms with Gasteiger partial charge in [-0.25, -0.2) is 4.79 Å². The van der Waals surface area contributed by atoms with Crippen LogP contribution in [0.2, 0.25) is 0 Å². The topological polar surface area (TPSA) is 126 Å². The fraction of sp³-hybridized carbons (Fsp3) is 0.385. The van der Waals surface area contributed by atoms with E-state index in [0.29, 0.717) is 22.6 Å². The van der Waals surface area contributed by atoms with Crippen LogP contribution in [-0.4, -0.2) is 36.0 Å². The van der Waals surface area contributed by atoms with Gasteiger partial charge in [-0.05, 0) is 57.2 Å². The number of anilines is 3. The molecule has 0 aliphatic heterocycles. The lowest BCUT2D eigenvalue weighted by atomic mass is 10.1. The molecule has 0 radical (unpaired) electrons. The summed E-state index contributed by atoms with van der Waals surface area (Å²) < 4.78 is 5.08. The van der Waals surface area contributed by atoms with E-state index in [2.05, 4.69) is 21.3 Å². The van der Waals surface area contributed by atoms with Crippen molar-refractivity contribution in [2.24, 2.45) is 0 Å². The molecular weight excluding hydrogens is 448 g/mol. The maximum absolute atomic E-state index is 12.5. The van der Waals surface area contributed by atoms with Gasteiger partial charge >= 0.3 is 6.09 Å². The summed E-state index contributed by atoms with van der Waals surface area (Å²) in [5, 5.41) is 10.4. The lowest BCUT2D eigenvalue weighted by molar-refractivity contribution is -0.115. The van der Waals surface area contributed by atoms with E-state index in [9.17, 15) is 19.2 Å². The molecule has 0 aliphatic carbocycles. The molecule has 0 saturated heterocycles. The van der Waals surface area contributed by atoms with Crippen LogP contribution >= 0.6 is 0 Å². The number of amides is 4. The first-order valence-corrected chi connectivity index (χ1v) is 11.6. The van der Waals surface area contributed by atoms with Crippen molar-refractivity contribution in [1.82, 2.24) is 5.32 Å². The second kappa shape index (κ2) is 15.9. The minimum Gasteiger partial charge on any atom is -0.444 e. The molecule has 0 fully saturated rings. The zero-order valence-electron chi connectivity index (χ0n) is 21.9. The van der Waals surface area contributed by atoms with Crippen LogP contribution < -0.4 is 21.3 Å². The number of carbonyl (C=O) groups is 4. The number of nitrogens with one attached hydrogen (secondary N) is 4. The third kappa shape index (κ3) is 12.8. The van der Waals surface area contributed by atoms with Crippen molar-refractivity contribution in [2.75, 3.05) is 22.5 Å². The maximum Gasteiger partial charge on any atom is 0.408 e. The Morgan fingerprint density at radius 3 is 1.77 bits per heavy atom. The minimum atomic E-state index is -0.702. The molecule has 0 bridgehead atoms. The van der Waals surface area contributed by atoms with Crippen LogP contribution in [0.3, 0.4) is 0 Å². The number of benzene rings is 2. The number of rotatable bonds is 6. The highest BCUT2D eigenvalue weighted by molar-refractivity contribution is 6.07. The van der Waals surface area contributed by atoms with E-state index in [4.69, 9.17) is 4.74 Å². The van der Waals surface area contributed by atoms with Crippen LogP contribution in [-0.2, 0) is 14.3 Å². The smallest absolute Gasteiger partial charge is 0.408 e. The summed E-state index contributed by atoms with van der Waals surface area (Å²) in [7, 11) is 0. The Labute approximate surface area is 208 Å². The summed E-state index contributed by atoms with van der Waals surface area (Å²) in [5.41, 5.74) is 1.06. The van der Waals surface area contributed by atoms with Gasteiger partial charge in [-0.3, -0.25) is 14.4 Å². The van der Waals surface area contributed by atoms with Crippen LogP contribution in [0.25, 0.3) is 0 Å². The number of ether oxygens (including phenoxy) is 1. The Kier molecular flexibility index (Phi) is 14.1. The molecule has 2 aromatic rings. The Bertz CT molecular complexity index is 966. The molecule has 192 valence electrons. The SMILES string of the molecule is CC.CC.CC(=O)Nc1ccc(C(=O)Nc2ccccc2NC(=O)CNC(=O)OC(C)(C)C)cc1. The number of carbonyl (C=O) groups excluding carboxylic acids is 4. The van der Waals surface area contributed by atoms with Crippen LogP contribution in [0.4, 0.5) is 21.9 Å².